The van der Waals surface area contributed by atoms with Crippen molar-refractivity contribution in [2.45, 2.75) is 38.6 Å². The van der Waals surface area contributed by atoms with Crippen molar-refractivity contribution in [3.8, 4) is 12.3 Å². The van der Waals surface area contributed by atoms with Crippen molar-refractivity contribution < 1.29 is 4.79 Å². The zero-order chi connectivity index (χ0) is 11.3. The maximum atomic E-state index is 11.8. The minimum absolute atomic E-state index is 0.162. The van der Waals surface area contributed by atoms with Gasteiger partial charge in [-0.3, -0.25) is 4.79 Å². The average molecular weight is 208 g/mol. The summed E-state index contributed by atoms with van der Waals surface area (Å²) in [6.45, 7) is 3.62. The van der Waals surface area contributed by atoms with Gasteiger partial charge >= 0.3 is 0 Å². The predicted octanol–water partition coefficient (Wildman–Crippen LogP) is 0.986. The van der Waals surface area contributed by atoms with Crippen molar-refractivity contribution >= 4 is 5.91 Å². The van der Waals surface area contributed by atoms with E-state index in [0.717, 1.165) is 19.4 Å². The lowest BCUT2D eigenvalue weighted by Crippen LogP contribution is -2.49. The number of amides is 1. The number of nitrogens with two attached hydrogens (primary N) is 1. The largest absolute Gasteiger partial charge is 0.338 e. The molecule has 0 spiro atoms. The average Bonchev–Trinajstić information content (AvgIpc) is 2.25. The van der Waals surface area contributed by atoms with E-state index in [1.807, 2.05) is 4.90 Å². The Hall–Kier alpha value is -1.01. The molecule has 1 saturated heterocycles. The maximum absolute atomic E-state index is 11.8. The van der Waals surface area contributed by atoms with Crippen LogP contribution in [0, 0.1) is 18.3 Å². The molecule has 2 unspecified atom stereocenters. The van der Waals surface area contributed by atoms with Gasteiger partial charge in [0.1, 0.15) is 0 Å². The molecule has 0 bridgehead atoms. The molecule has 2 N–H and O–H groups in total. The Morgan fingerprint density at radius 1 is 1.67 bits per heavy atom. The summed E-state index contributed by atoms with van der Waals surface area (Å²) in [5.74, 6) is 3.34. The summed E-state index contributed by atoms with van der Waals surface area (Å²) in [6, 6.07) is 0.221. The molecule has 1 aliphatic rings. The van der Waals surface area contributed by atoms with E-state index in [1.165, 1.54) is 0 Å². The van der Waals surface area contributed by atoms with Crippen LogP contribution in [0.3, 0.4) is 0 Å². The van der Waals surface area contributed by atoms with E-state index in [4.69, 9.17) is 12.2 Å². The Morgan fingerprint density at radius 2 is 2.40 bits per heavy atom. The summed E-state index contributed by atoms with van der Waals surface area (Å²) in [7, 11) is 0. The van der Waals surface area contributed by atoms with Crippen LogP contribution < -0.4 is 5.73 Å². The fraction of sp³-hybridized carbons (Fsp3) is 0.750. The van der Waals surface area contributed by atoms with Gasteiger partial charge in [-0.1, -0.05) is 6.92 Å². The molecule has 15 heavy (non-hydrogen) atoms. The normalized spacial score (nSPS) is 26.1. The van der Waals surface area contributed by atoms with Crippen LogP contribution in [-0.4, -0.2) is 29.9 Å². The second-order valence-corrected chi connectivity index (χ2v) is 4.31. The summed E-state index contributed by atoms with van der Waals surface area (Å²) in [6.07, 6.45) is 8.25. The lowest BCUT2D eigenvalue weighted by Gasteiger charge is -2.38. The van der Waals surface area contributed by atoms with Crippen LogP contribution in [0.2, 0.25) is 0 Å². The first-order chi connectivity index (χ1) is 7.19. The Balaban J connectivity index is 2.52. The quantitative estimate of drug-likeness (QED) is 0.703. The third-order valence-corrected chi connectivity index (χ3v) is 3.05. The van der Waals surface area contributed by atoms with Gasteiger partial charge in [-0.15, -0.1) is 12.3 Å². The smallest absolute Gasteiger partial charge is 0.223 e. The van der Waals surface area contributed by atoms with Crippen LogP contribution in [0.25, 0.3) is 0 Å². The van der Waals surface area contributed by atoms with Crippen LogP contribution in [0.1, 0.15) is 32.6 Å². The second-order valence-electron chi connectivity index (χ2n) is 4.31. The Bertz CT molecular complexity index is 257. The molecule has 0 radical (unpaired) electrons. The van der Waals surface area contributed by atoms with Gasteiger partial charge in [-0.25, -0.2) is 0 Å². The summed E-state index contributed by atoms with van der Waals surface area (Å²) in [5.41, 5.74) is 5.69. The Kier molecular flexibility index (Phi) is 4.64. The lowest BCUT2D eigenvalue weighted by molar-refractivity contribution is -0.135. The van der Waals surface area contributed by atoms with Crippen LogP contribution >= 0.6 is 0 Å². The first-order valence-electron chi connectivity index (χ1n) is 5.62. The number of terminal acetylenes is 1. The molecule has 3 heteroatoms. The molecule has 1 fully saturated rings. The van der Waals surface area contributed by atoms with E-state index < -0.39 is 0 Å². The summed E-state index contributed by atoms with van der Waals surface area (Å²) in [4.78, 5) is 13.7. The summed E-state index contributed by atoms with van der Waals surface area (Å²) >= 11 is 0. The number of carbonyl (C=O) groups excluding carboxylic acids is 1. The van der Waals surface area contributed by atoms with Gasteiger partial charge < -0.3 is 10.6 Å². The van der Waals surface area contributed by atoms with E-state index in [1.54, 1.807) is 0 Å². The molecule has 0 aromatic rings. The standard InChI is InChI=1S/C12H20N2O/c1-3-4-5-12(15)14-7-6-10(2)8-11(14)9-13/h1,10-11H,4-9,13H2,2H3. The minimum Gasteiger partial charge on any atom is -0.338 e. The Labute approximate surface area is 92.0 Å². The van der Waals surface area contributed by atoms with E-state index in [2.05, 4.69) is 12.8 Å². The van der Waals surface area contributed by atoms with Crippen LogP contribution in [0.15, 0.2) is 0 Å². The van der Waals surface area contributed by atoms with Gasteiger partial charge in [0, 0.05) is 32.0 Å². The predicted molar refractivity (Wildman–Crippen MR) is 61.0 cm³/mol. The van der Waals surface area contributed by atoms with Gasteiger partial charge in [0.05, 0.1) is 0 Å². The van der Waals surface area contributed by atoms with Gasteiger partial charge in [0.2, 0.25) is 5.91 Å². The van der Waals surface area contributed by atoms with E-state index in [0.29, 0.717) is 25.3 Å². The fourth-order valence-corrected chi connectivity index (χ4v) is 2.13. The fourth-order valence-electron chi connectivity index (χ4n) is 2.13. The zero-order valence-corrected chi connectivity index (χ0v) is 9.41. The molecular weight excluding hydrogens is 188 g/mol. The highest BCUT2D eigenvalue weighted by Gasteiger charge is 2.28. The molecule has 0 saturated carbocycles. The van der Waals surface area contributed by atoms with E-state index in [9.17, 15) is 4.79 Å². The van der Waals surface area contributed by atoms with E-state index in [-0.39, 0.29) is 11.9 Å². The van der Waals surface area contributed by atoms with Gasteiger partial charge in [0.25, 0.3) is 0 Å². The van der Waals surface area contributed by atoms with E-state index >= 15 is 0 Å². The SMILES string of the molecule is C#CCCC(=O)N1CCC(C)CC1CN. The minimum atomic E-state index is 0.162. The lowest BCUT2D eigenvalue weighted by atomic mass is 9.92. The van der Waals surface area contributed by atoms with Crippen molar-refractivity contribution in [1.82, 2.24) is 4.90 Å². The molecule has 0 aromatic heterocycles. The molecule has 1 aliphatic heterocycles. The number of hydrogen-bond acceptors (Lipinski definition) is 2. The summed E-state index contributed by atoms with van der Waals surface area (Å²) in [5, 5.41) is 0. The second kappa shape index (κ2) is 5.77. The number of nitrogens with zero attached hydrogens (tertiary/aromatic N) is 1. The molecule has 1 heterocycles. The topological polar surface area (TPSA) is 46.3 Å². The number of piperidine rings is 1. The maximum Gasteiger partial charge on any atom is 0.223 e. The number of likely N-dealkylation sites (tertiary alicyclic amines) is 1. The van der Waals surface area contributed by atoms with Crippen molar-refractivity contribution in [3.63, 3.8) is 0 Å². The molecule has 84 valence electrons. The molecule has 0 aromatic carbocycles. The molecular formula is C12H20N2O. The number of rotatable bonds is 3. The first-order valence-corrected chi connectivity index (χ1v) is 5.62. The highest BCUT2D eigenvalue weighted by atomic mass is 16.2. The number of carbonyl (C=O) groups is 1. The molecule has 0 aliphatic carbocycles. The highest BCUT2D eigenvalue weighted by molar-refractivity contribution is 5.76. The van der Waals surface area contributed by atoms with Gasteiger partial charge in [-0.05, 0) is 18.8 Å². The third-order valence-electron chi connectivity index (χ3n) is 3.05. The van der Waals surface area contributed by atoms with Crippen molar-refractivity contribution in [2.75, 3.05) is 13.1 Å². The van der Waals surface area contributed by atoms with Gasteiger partial charge in [0.15, 0.2) is 0 Å². The van der Waals surface area contributed by atoms with Crippen LogP contribution in [0.5, 0.6) is 0 Å². The Morgan fingerprint density at radius 3 is 3.00 bits per heavy atom. The number of hydrogen-bond donors (Lipinski definition) is 1. The molecule has 1 amide bonds. The van der Waals surface area contributed by atoms with Crippen molar-refractivity contribution in [1.29, 1.82) is 0 Å². The summed E-state index contributed by atoms with van der Waals surface area (Å²) < 4.78 is 0. The molecule has 3 nitrogen and oxygen atoms in total. The highest BCUT2D eigenvalue weighted by Crippen LogP contribution is 2.22. The zero-order valence-electron chi connectivity index (χ0n) is 9.41. The van der Waals surface area contributed by atoms with Crippen LogP contribution in [0.4, 0.5) is 0 Å². The first kappa shape index (κ1) is 12.1. The molecule has 1 rings (SSSR count). The van der Waals surface area contributed by atoms with Crippen LogP contribution in [-0.2, 0) is 4.79 Å². The molecule has 2 atom stereocenters. The monoisotopic (exact) mass is 208 g/mol. The van der Waals surface area contributed by atoms with Crippen molar-refractivity contribution in [2.24, 2.45) is 11.7 Å². The third kappa shape index (κ3) is 3.24. The van der Waals surface area contributed by atoms with Gasteiger partial charge in [-0.2, -0.15) is 0 Å². The van der Waals surface area contributed by atoms with Crippen molar-refractivity contribution in [3.05, 3.63) is 0 Å².